The Kier molecular flexibility index (Phi) is 6.02. The number of carbonyl (C=O) groups excluding carboxylic acids is 1. The van der Waals surface area contributed by atoms with E-state index in [-0.39, 0.29) is 12.1 Å². The van der Waals surface area contributed by atoms with Gasteiger partial charge in [0.2, 0.25) is 0 Å². The van der Waals surface area contributed by atoms with Gasteiger partial charge in [-0.25, -0.2) is 0 Å². The van der Waals surface area contributed by atoms with Gasteiger partial charge in [0.15, 0.2) is 0 Å². The molecule has 1 aliphatic heterocycles. The lowest BCUT2D eigenvalue weighted by Gasteiger charge is -2.16. The Bertz CT molecular complexity index is 457. The van der Waals surface area contributed by atoms with Gasteiger partial charge in [0.05, 0.1) is 12.7 Å². The molecular weight excluding hydrogens is 270 g/mol. The molecule has 5 nitrogen and oxygen atoms in total. The maximum atomic E-state index is 11.6. The smallest absolute Gasteiger partial charge is 0.323 e. The van der Waals surface area contributed by atoms with Crippen LogP contribution in [0.4, 0.5) is 0 Å². The Morgan fingerprint density at radius 1 is 1.48 bits per heavy atom. The first-order chi connectivity index (χ1) is 10.2. The van der Waals surface area contributed by atoms with Crippen molar-refractivity contribution in [3.63, 3.8) is 0 Å². The van der Waals surface area contributed by atoms with Crippen LogP contribution < -0.4 is 10.5 Å². The van der Waals surface area contributed by atoms with Gasteiger partial charge in [0, 0.05) is 13.0 Å². The first kappa shape index (κ1) is 15.8. The normalized spacial score (nSPS) is 19.2. The van der Waals surface area contributed by atoms with Crippen LogP contribution in [0.1, 0.15) is 25.3 Å². The summed E-state index contributed by atoms with van der Waals surface area (Å²) in [7, 11) is 0. The third-order valence-corrected chi connectivity index (χ3v) is 3.45. The summed E-state index contributed by atoms with van der Waals surface area (Å²) in [6.45, 7) is 3.45. The van der Waals surface area contributed by atoms with E-state index < -0.39 is 6.04 Å². The molecule has 0 saturated carbocycles. The maximum absolute atomic E-state index is 11.6. The highest BCUT2D eigenvalue weighted by molar-refractivity contribution is 5.76. The van der Waals surface area contributed by atoms with Crippen molar-refractivity contribution < 1.29 is 19.0 Å². The molecule has 1 aliphatic rings. The molecule has 2 atom stereocenters. The summed E-state index contributed by atoms with van der Waals surface area (Å²) in [5.41, 5.74) is 6.78. The van der Waals surface area contributed by atoms with Crippen molar-refractivity contribution in [2.24, 2.45) is 5.73 Å². The molecule has 1 heterocycles. The SMILES string of the molecule is CCOC(=O)C(N)Cc1ccccc1OCC1CCCO1. The highest BCUT2D eigenvalue weighted by Gasteiger charge is 2.19. The second-order valence-corrected chi connectivity index (χ2v) is 5.12. The molecule has 1 aromatic carbocycles. The lowest BCUT2D eigenvalue weighted by molar-refractivity contribution is -0.144. The first-order valence-corrected chi connectivity index (χ1v) is 7.45. The van der Waals surface area contributed by atoms with Crippen molar-refractivity contribution in [1.82, 2.24) is 0 Å². The molecule has 5 heteroatoms. The number of hydrogen-bond donors (Lipinski definition) is 1. The number of nitrogens with two attached hydrogens (primary N) is 1. The Morgan fingerprint density at radius 2 is 2.29 bits per heavy atom. The molecule has 1 saturated heterocycles. The van der Waals surface area contributed by atoms with Gasteiger partial charge < -0.3 is 19.9 Å². The van der Waals surface area contributed by atoms with E-state index in [0.717, 1.165) is 30.8 Å². The minimum atomic E-state index is -0.669. The van der Waals surface area contributed by atoms with Crippen molar-refractivity contribution in [2.75, 3.05) is 19.8 Å². The van der Waals surface area contributed by atoms with E-state index in [4.69, 9.17) is 19.9 Å². The largest absolute Gasteiger partial charge is 0.491 e. The molecule has 1 fully saturated rings. The third-order valence-electron chi connectivity index (χ3n) is 3.45. The summed E-state index contributed by atoms with van der Waals surface area (Å²) in [6, 6.07) is 6.96. The van der Waals surface area contributed by atoms with Gasteiger partial charge in [0.1, 0.15) is 18.4 Å². The van der Waals surface area contributed by atoms with Gasteiger partial charge in [-0.05, 0) is 31.4 Å². The molecular formula is C16H23NO4. The Morgan fingerprint density at radius 3 is 3.00 bits per heavy atom. The molecule has 0 spiro atoms. The van der Waals surface area contributed by atoms with Crippen LogP contribution in [-0.2, 0) is 20.7 Å². The van der Waals surface area contributed by atoms with Crippen molar-refractivity contribution in [3.8, 4) is 5.75 Å². The molecule has 2 rings (SSSR count). The zero-order valence-electron chi connectivity index (χ0n) is 12.4. The van der Waals surface area contributed by atoms with Gasteiger partial charge in [-0.1, -0.05) is 18.2 Å². The van der Waals surface area contributed by atoms with Crippen LogP contribution in [-0.4, -0.2) is 37.9 Å². The van der Waals surface area contributed by atoms with E-state index in [2.05, 4.69) is 0 Å². The van der Waals surface area contributed by atoms with E-state index >= 15 is 0 Å². The average molecular weight is 293 g/mol. The number of esters is 1. The number of benzene rings is 1. The van der Waals surface area contributed by atoms with Gasteiger partial charge >= 0.3 is 5.97 Å². The predicted octanol–water partition coefficient (Wildman–Crippen LogP) is 1.68. The molecule has 116 valence electrons. The van der Waals surface area contributed by atoms with Gasteiger partial charge in [-0.2, -0.15) is 0 Å². The summed E-state index contributed by atoms with van der Waals surface area (Å²) < 4.78 is 16.3. The van der Waals surface area contributed by atoms with E-state index in [1.165, 1.54) is 0 Å². The highest BCUT2D eigenvalue weighted by atomic mass is 16.5. The number of hydrogen-bond acceptors (Lipinski definition) is 5. The fraction of sp³-hybridized carbons (Fsp3) is 0.562. The Balaban J connectivity index is 1.93. The highest BCUT2D eigenvalue weighted by Crippen LogP contribution is 2.21. The topological polar surface area (TPSA) is 70.8 Å². The van der Waals surface area contributed by atoms with E-state index in [9.17, 15) is 4.79 Å². The monoisotopic (exact) mass is 293 g/mol. The molecule has 0 aromatic heterocycles. The first-order valence-electron chi connectivity index (χ1n) is 7.45. The second-order valence-electron chi connectivity index (χ2n) is 5.12. The van der Waals surface area contributed by atoms with Crippen LogP contribution in [0.15, 0.2) is 24.3 Å². The van der Waals surface area contributed by atoms with Crippen molar-refractivity contribution in [1.29, 1.82) is 0 Å². The summed E-state index contributed by atoms with van der Waals surface area (Å²) in [4.78, 5) is 11.6. The zero-order chi connectivity index (χ0) is 15.1. The summed E-state index contributed by atoms with van der Waals surface area (Å²) in [5.74, 6) is 0.374. The molecule has 0 bridgehead atoms. The molecule has 21 heavy (non-hydrogen) atoms. The van der Waals surface area contributed by atoms with Crippen LogP contribution >= 0.6 is 0 Å². The van der Waals surface area contributed by atoms with Crippen LogP contribution in [0.25, 0.3) is 0 Å². The lowest BCUT2D eigenvalue weighted by atomic mass is 10.1. The van der Waals surface area contributed by atoms with Crippen LogP contribution in [0, 0.1) is 0 Å². The summed E-state index contributed by atoms with van der Waals surface area (Å²) >= 11 is 0. The summed E-state index contributed by atoms with van der Waals surface area (Å²) in [5, 5.41) is 0. The number of rotatable bonds is 7. The molecule has 1 aromatic rings. The van der Waals surface area contributed by atoms with Crippen LogP contribution in [0.5, 0.6) is 5.75 Å². The molecule has 0 aliphatic carbocycles. The minimum absolute atomic E-state index is 0.164. The quantitative estimate of drug-likeness (QED) is 0.774. The van der Waals surface area contributed by atoms with Gasteiger partial charge in [-0.15, -0.1) is 0 Å². The molecule has 0 amide bonds. The number of para-hydroxylation sites is 1. The third kappa shape index (κ3) is 4.72. The number of carbonyl (C=O) groups is 1. The van der Waals surface area contributed by atoms with Gasteiger partial charge in [-0.3, -0.25) is 4.79 Å². The Labute approximate surface area is 125 Å². The standard InChI is InChI=1S/C16H23NO4/c1-2-19-16(18)14(17)10-12-6-3-4-8-15(12)21-11-13-7-5-9-20-13/h3-4,6,8,13-14H,2,5,7,9-11,17H2,1H3. The predicted molar refractivity (Wildman–Crippen MR) is 79.2 cm³/mol. The second kappa shape index (κ2) is 8.00. The van der Waals surface area contributed by atoms with Crippen molar-refractivity contribution >= 4 is 5.97 Å². The van der Waals surface area contributed by atoms with Crippen LogP contribution in [0.3, 0.4) is 0 Å². The van der Waals surface area contributed by atoms with Gasteiger partial charge in [0.25, 0.3) is 0 Å². The van der Waals surface area contributed by atoms with E-state index in [0.29, 0.717) is 19.6 Å². The van der Waals surface area contributed by atoms with E-state index in [1.807, 2.05) is 24.3 Å². The van der Waals surface area contributed by atoms with Crippen molar-refractivity contribution in [3.05, 3.63) is 29.8 Å². The van der Waals surface area contributed by atoms with E-state index in [1.54, 1.807) is 6.92 Å². The Hall–Kier alpha value is -1.59. The lowest BCUT2D eigenvalue weighted by Crippen LogP contribution is -2.34. The number of ether oxygens (including phenoxy) is 3. The van der Waals surface area contributed by atoms with Crippen LogP contribution in [0.2, 0.25) is 0 Å². The zero-order valence-corrected chi connectivity index (χ0v) is 12.4. The fourth-order valence-electron chi connectivity index (χ4n) is 2.34. The molecule has 2 N–H and O–H groups in total. The maximum Gasteiger partial charge on any atom is 0.323 e. The fourth-order valence-corrected chi connectivity index (χ4v) is 2.34. The average Bonchev–Trinajstić information content (AvgIpc) is 3.00. The minimum Gasteiger partial charge on any atom is -0.491 e. The molecule has 0 radical (unpaired) electrons. The summed E-state index contributed by atoms with van der Waals surface area (Å²) in [6.07, 6.45) is 2.69. The van der Waals surface area contributed by atoms with Crippen molar-refractivity contribution in [2.45, 2.75) is 38.3 Å². The molecule has 2 unspecified atom stereocenters.